The van der Waals surface area contributed by atoms with Gasteiger partial charge in [0.2, 0.25) is 5.91 Å². The van der Waals surface area contributed by atoms with Gasteiger partial charge in [0.05, 0.1) is 12.8 Å². The monoisotopic (exact) mass is 347 g/mol. The lowest BCUT2D eigenvalue weighted by molar-refractivity contribution is -0.113. The minimum absolute atomic E-state index is 0.0832. The molecule has 0 saturated heterocycles. The molecule has 7 heteroatoms. The molecule has 0 bridgehead atoms. The highest BCUT2D eigenvalue weighted by Gasteiger charge is 2.18. The summed E-state index contributed by atoms with van der Waals surface area (Å²) < 4.78 is 34.2. The highest BCUT2D eigenvalue weighted by Crippen LogP contribution is 2.36. The van der Waals surface area contributed by atoms with E-state index in [4.69, 9.17) is 9.15 Å². The third-order valence-corrected chi connectivity index (χ3v) is 5.35. The molecule has 0 saturated carbocycles. The van der Waals surface area contributed by atoms with Gasteiger partial charge in [0.25, 0.3) is 0 Å². The van der Waals surface area contributed by atoms with Crippen LogP contribution < -0.4 is 10.1 Å². The number of hydrogen-bond donors (Lipinski definition) is 1. The van der Waals surface area contributed by atoms with Crippen LogP contribution >= 0.6 is 0 Å². The van der Waals surface area contributed by atoms with Crippen molar-refractivity contribution in [2.24, 2.45) is 0 Å². The zero-order chi connectivity index (χ0) is 17.3. The molecule has 0 fully saturated rings. The van der Waals surface area contributed by atoms with Gasteiger partial charge in [-0.2, -0.15) is 0 Å². The van der Waals surface area contributed by atoms with Crippen LogP contribution in [0.2, 0.25) is 0 Å². The summed E-state index contributed by atoms with van der Waals surface area (Å²) in [6, 6.07) is 11.0. The van der Waals surface area contributed by atoms with Gasteiger partial charge in [-0.15, -0.1) is 0 Å². The number of furan rings is 1. The van der Waals surface area contributed by atoms with Crippen molar-refractivity contribution < 1.29 is 22.4 Å². The van der Waals surface area contributed by atoms with Crippen LogP contribution in [0.4, 0.5) is 5.69 Å². The number of carbonyl (C=O) groups is 1. The van der Waals surface area contributed by atoms with E-state index in [-0.39, 0.29) is 5.75 Å². The maximum atomic E-state index is 12.0. The lowest BCUT2D eigenvalue weighted by Crippen LogP contribution is -2.24. The van der Waals surface area contributed by atoms with Crippen LogP contribution in [-0.4, -0.2) is 32.9 Å². The van der Waals surface area contributed by atoms with E-state index in [0.717, 1.165) is 16.4 Å². The maximum Gasteiger partial charge on any atom is 0.239 e. The number of nitrogens with one attached hydrogen (secondary N) is 1. The number of sulfone groups is 1. The Labute approximate surface area is 139 Å². The van der Waals surface area contributed by atoms with Gasteiger partial charge in [-0.3, -0.25) is 4.79 Å². The predicted octanol–water partition coefficient (Wildman–Crippen LogP) is 2.97. The summed E-state index contributed by atoms with van der Waals surface area (Å²) >= 11 is 0. The summed E-state index contributed by atoms with van der Waals surface area (Å²) in [5, 5.41) is 4.39. The van der Waals surface area contributed by atoms with Gasteiger partial charge in [0, 0.05) is 22.6 Å². The van der Waals surface area contributed by atoms with Crippen LogP contribution in [0.3, 0.4) is 0 Å². The number of ether oxygens (including phenoxy) is 1. The SMILES string of the molecule is CCS(=O)(=O)CC(=O)Nc1cc2oc3ccccc3c2cc1OC. The Hall–Kier alpha value is -2.54. The number of carbonyl (C=O) groups excluding carboxylic acids is 1. The van der Waals surface area contributed by atoms with E-state index in [2.05, 4.69) is 5.32 Å². The highest BCUT2D eigenvalue weighted by molar-refractivity contribution is 7.92. The number of rotatable bonds is 5. The lowest BCUT2D eigenvalue weighted by atomic mass is 10.1. The van der Waals surface area contributed by atoms with E-state index in [0.29, 0.717) is 17.0 Å². The zero-order valence-electron chi connectivity index (χ0n) is 13.3. The van der Waals surface area contributed by atoms with E-state index in [1.54, 1.807) is 12.1 Å². The predicted molar refractivity (Wildman–Crippen MR) is 93.2 cm³/mol. The fourth-order valence-corrected chi connectivity index (χ4v) is 3.18. The summed E-state index contributed by atoms with van der Waals surface area (Å²) in [5.74, 6) is -0.813. The van der Waals surface area contributed by atoms with Crippen LogP contribution in [0.25, 0.3) is 21.9 Å². The second kappa shape index (κ2) is 6.16. The molecule has 0 aliphatic rings. The largest absolute Gasteiger partial charge is 0.495 e. The van der Waals surface area contributed by atoms with Crippen LogP contribution in [0.5, 0.6) is 5.75 Å². The summed E-state index contributed by atoms with van der Waals surface area (Å²) in [5.41, 5.74) is 1.69. The first-order valence-corrected chi connectivity index (χ1v) is 9.25. The molecule has 0 aliphatic heterocycles. The van der Waals surface area contributed by atoms with E-state index in [1.807, 2.05) is 24.3 Å². The number of fused-ring (bicyclic) bond motifs is 3. The second-order valence-corrected chi connectivity index (χ2v) is 7.72. The Bertz CT molecular complexity index is 1020. The summed E-state index contributed by atoms with van der Waals surface area (Å²) in [7, 11) is -1.91. The minimum Gasteiger partial charge on any atom is -0.495 e. The third kappa shape index (κ3) is 3.07. The van der Waals surface area contributed by atoms with Gasteiger partial charge < -0.3 is 14.5 Å². The molecule has 0 aliphatic carbocycles. The van der Waals surface area contributed by atoms with Crippen molar-refractivity contribution >= 4 is 43.4 Å². The molecule has 3 aromatic rings. The van der Waals surface area contributed by atoms with E-state index in [1.165, 1.54) is 14.0 Å². The summed E-state index contributed by atoms with van der Waals surface area (Å²) in [4.78, 5) is 12.0. The van der Waals surface area contributed by atoms with Crippen molar-refractivity contribution in [3.63, 3.8) is 0 Å². The molecule has 1 amide bonds. The molecule has 2 aromatic carbocycles. The molecule has 6 nitrogen and oxygen atoms in total. The van der Waals surface area contributed by atoms with Crippen LogP contribution in [0.1, 0.15) is 6.92 Å². The first-order valence-electron chi connectivity index (χ1n) is 7.43. The lowest BCUT2D eigenvalue weighted by Gasteiger charge is -2.10. The molecular weight excluding hydrogens is 330 g/mol. The van der Waals surface area contributed by atoms with Crippen molar-refractivity contribution in [3.8, 4) is 5.75 Å². The van der Waals surface area contributed by atoms with Gasteiger partial charge in [-0.25, -0.2) is 8.42 Å². The molecule has 0 spiro atoms. The van der Waals surface area contributed by atoms with Crippen LogP contribution in [0.15, 0.2) is 40.8 Å². The van der Waals surface area contributed by atoms with Crippen LogP contribution in [-0.2, 0) is 14.6 Å². The van der Waals surface area contributed by atoms with Gasteiger partial charge in [-0.05, 0) is 12.1 Å². The van der Waals surface area contributed by atoms with Crippen molar-refractivity contribution in [2.75, 3.05) is 23.9 Å². The molecule has 0 radical (unpaired) electrons. The number of methoxy groups -OCH3 is 1. The Balaban J connectivity index is 2.01. The standard InChI is InChI=1S/C17H17NO5S/c1-3-24(20,21)10-17(19)18-13-9-15-12(8-16(13)22-2)11-6-4-5-7-14(11)23-15/h4-9H,3,10H2,1-2H3,(H,18,19). The summed E-state index contributed by atoms with van der Waals surface area (Å²) in [6.07, 6.45) is 0. The highest BCUT2D eigenvalue weighted by atomic mass is 32.2. The Kier molecular flexibility index (Phi) is 4.19. The Morgan fingerprint density at radius 2 is 1.92 bits per heavy atom. The average Bonchev–Trinajstić information content (AvgIpc) is 2.90. The molecule has 24 heavy (non-hydrogen) atoms. The number of amides is 1. The van der Waals surface area contributed by atoms with Crippen molar-refractivity contribution in [1.29, 1.82) is 0 Å². The maximum absolute atomic E-state index is 12.0. The number of para-hydroxylation sites is 1. The molecular formula is C17H17NO5S. The molecule has 0 atom stereocenters. The third-order valence-electron chi connectivity index (χ3n) is 3.76. The number of anilines is 1. The normalized spacial score (nSPS) is 11.8. The topological polar surface area (TPSA) is 85.6 Å². The Morgan fingerprint density at radius 3 is 2.62 bits per heavy atom. The van der Waals surface area contributed by atoms with Gasteiger partial charge in [0.1, 0.15) is 22.7 Å². The fraction of sp³-hybridized carbons (Fsp3) is 0.235. The fourth-order valence-electron chi connectivity index (χ4n) is 2.51. The molecule has 1 heterocycles. The molecule has 126 valence electrons. The first kappa shape index (κ1) is 16.3. The smallest absolute Gasteiger partial charge is 0.239 e. The average molecular weight is 347 g/mol. The van der Waals surface area contributed by atoms with Gasteiger partial charge in [0.15, 0.2) is 9.84 Å². The molecule has 1 aromatic heterocycles. The van der Waals surface area contributed by atoms with Crippen molar-refractivity contribution in [3.05, 3.63) is 36.4 Å². The number of benzene rings is 2. The van der Waals surface area contributed by atoms with Gasteiger partial charge >= 0.3 is 0 Å². The first-order chi connectivity index (χ1) is 11.4. The minimum atomic E-state index is -3.40. The Morgan fingerprint density at radius 1 is 1.17 bits per heavy atom. The van der Waals surface area contributed by atoms with E-state index >= 15 is 0 Å². The summed E-state index contributed by atoms with van der Waals surface area (Å²) in [6.45, 7) is 1.50. The molecule has 0 unspecified atom stereocenters. The zero-order valence-corrected chi connectivity index (χ0v) is 14.1. The van der Waals surface area contributed by atoms with E-state index < -0.39 is 21.5 Å². The van der Waals surface area contributed by atoms with E-state index in [9.17, 15) is 13.2 Å². The van der Waals surface area contributed by atoms with Crippen molar-refractivity contribution in [1.82, 2.24) is 0 Å². The van der Waals surface area contributed by atoms with Gasteiger partial charge in [-0.1, -0.05) is 25.1 Å². The second-order valence-electron chi connectivity index (χ2n) is 5.37. The molecule has 3 rings (SSSR count). The number of hydrogen-bond acceptors (Lipinski definition) is 5. The van der Waals surface area contributed by atoms with Crippen LogP contribution in [0, 0.1) is 0 Å². The quantitative estimate of drug-likeness (QED) is 0.767. The van der Waals surface area contributed by atoms with Crippen molar-refractivity contribution in [2.45, 2.75) is 6.92 Å². The molecule has 1 N–H and O–H groups in total.